The van der Waals surface area contributed by atoms with Crippen LogP contribution < -0.4 is 5.32 Å². The highest BCUT2D eigenvalue weighted by molar-refractivity contribution is 14.1. The van der Waals surface area contributed by atoms with E-state index in [1.165, 1.54) is 14.5 Å². The Kier molecular flexibility index (Phi) is 4.67. The number of nitrogens with one attached hydrogen (secondary N) is 1. The van der Waals surface area contributed by atoms with E-state index >= 15 is 0 Å². The van der Waals surface area contributed by atoms with Crippen LogP contribution in [0, 0.1) is 9.49 Å². The number of fused-ring (bicyclic) bond motifs is 1. The van der Waals surface area contributed by atoms with Crippen molar-refractivity contribution in [3.8, 4) is 0 Å². The van der Waals surface area contributed by atoms with Crippen molar-refractivity contribution in [3.05, 3.63) is 33.1 Å². The van der Waals surface area contributed by atoms with E-state index in [1.807, 2.05) is 0 Å². The number of benzene rings is 1. The maximum Gasteiger partial charge on any atom is 0.134 e. The molecule has 1 aromatic carbocycles. The van der Waals surface area contributed by atoms with E-state index in [0.29, 0.717) is 5.92 Å². The predicted octanol–water partition coefficient (Wildman–Crippen LogP) is 4.35. The van der Waals surface area contributed by atoms with E-state index in [1.54, 1.807) is 0 Å². The molecule has 1 aromatic heterocycles. The second-order valence-corrected chi connectivity index (χ2v) is 6.27. The fourth-order valence-corrected chi connectivity index (χ4v) is 2.67. The van der Waals surface area contributed by atoms with E-state index in [9.17, 15) is 0 Å². The van der Waals surface area contributed by atoms with Gasteiger partial charge in [0.05, 0.1) is 6.54 Å². The second kappa shape index (κ2) is 6.06. The van der Waals surface area contributed by atoms with Crippen molar-refractivity contribution >= 4 is 33.6 Å². The van der Waals surface area contributed by atoms with E-state index < -0.39 is 0 Å². The summed E-state index contributed by atoms with van der Waals surface area (Å²) in [5.74, 6) is 1.76. The summed E-state index contributed by atoms with van der Waals surface area (Å²) < 4.78 is 7.22. The Bertz CT molecular complexity index is 531. The lowest BCUT2D eigenvalue weighted by atomic mass is 10.1. The van der Waals surface area contributed by atoms with Crippen molar-refractivity contribution in [1.29, 1.82) is 0 Å². The third kappa shape index (κ3) is 3.06. The van der Waals surface area contributed by atoms with Gasteiger partial charge in [-0.25, -0.2) is 0 Å². The molecule has 0 spiro atoms. The first-order valence-corrected chi connectivity index (χ1v) is 7.60. The minimum absolute atomic E-state index is 0.667. The van der Waals surface area contributed by atoms with Crippen LogP contribution in [0.1, 0.15) is 32.1 Å². The lowest BCUT2D eigenvalue weighted by molar-refractivity contribution is 0.481. The van der Waals surface area contributed by atoms with Crippen molar-refractivity contribution in [3.63, 3.8) is 0 Å². The molecule has 0 saturated carbocycles. The number of aryl methyl sites for hydroxylation is 1. The Balaban J connectivity index is 2.27. The van der Waals surface area contributed by atoms with Gasteiger partial charge in [-0.2, -0.15) is 0 Å². The third-order valence-corrected chi connectivity index (χ3v) is 3.70. The summed E-state index contributed by atoms with van der Waals surface area (Å²) in [5.41, 5.74) is 2.35. The highest BCUT2D eigenvalue weighted by atomic mass is 127. The largest absolute Gasteiger partial charge is 0.459 e. The molecule has 0 unspecified atom stereocenters. The van der Waals surface area contributed by atoms with E-state index in [2.05, 4.69) is 66.9 Å². The molecule has 0 aliphatic carbocycles. The Morgan fingerprint density at radius 3 is 2.78 bits per heavy atom. The maximum atomic E-state index is 5.96. The Morgan fingerprint density at radius 1 is 1.33 bits per heavy atom. The van der Waals surface area contributed by atoms with Crippen LogP contribution in [-0.4, -0.2) is 6.54 Å². The maximum absolute atomic E-state index is 5.96. The number of hydrogen-bond acceptors (Lipinski definition) is 2. The molecule has 0 fully saturated rings. The topological polar surface area (TPSA) is 25.2 Å². The van der Waals surface area contributed by atoms with Gasteiger partial charge in [0.15, 0.2) is 0 Å². The molecule has 0 amide bonds. The zero-order valence-electron chi connectivity index (χ0n) is 11.2. The SMILES string of the molecule is CCc1c(CNCC(C)C)oc2ccc(I)cc12. The average molecular weight is 357 g/mol. The molecule has 2 rings (SSSR count). The summed E-state index contributed by atoms with van der Waals surface area (Å²) in [4.78, 5) is 0. The fourth-order valence-electron chi connectivity index (χ4n) is 2.18. The number of hydrogen-bond donors (Lipinski definition) is 1. The first kappa shape index (κ1) is 13.9. The number of halogens is 1. The van der Waals surface area contributed by atoms with Crippen LogP contribution in [0.2, 0.25) is 0 Å². The van der Waals surface area contributed by atoms with Gasteiger partial charge in [0.25, 0.3) is 0 Å². The number of rotatable bonds is 5. The van der Waals surface area contributed by atoms with Crippen LogP contribution in [0.25, 0.3) is 11.0 Å². The average Bonchev–Trinajstić information content (AvgIpc) is 2.65. The van der Waals surface area contributed by atoms with Gasteiger partial charge in [-0.15, -0.1) is 0 Å². The van der Waals surface area contributed by atoms with Crippen LogP contribution in [0.15, 0.2) is 22.6 Å². The zero-order chi connectivity index (χ0) is 13.1. The molecule has 0 aliphatic heterocycles. The summed E-state index contributed by atoms with van der Waals surface area (Å²) in [6.07, 6.45) is 1.02. The minimum atomic E-state index is 0.667. The van der Waals surface area contributed by atoms with Gasteiger partial charge in [-0.3, -0.25) is 0 Å². The van der Waals surface area contributed by atoms with Crippen molar-refractivity contribution < 1.29 is 4.42 Å². The highest BCUT2D eigenvalue weighted by Gasteiger charge is 2.12. The molecule has 2 nitrogen and oxygen atoms in total. The molecule has 1 N–H and O–H groups in total. The van der Waals surface area contributed by atoms with E-state index in [-0.39, 0.29) is 0 Å². The van der Waals surface area contributed by atoms with Crippen LogP contribution in [-0.2, 0) is 13.0 Å². The van der Waals surface area contributed by atoms with Crippen molar-refractivity contribution in [2.75, 3.05) is 6.54 Å². The minimum Gasteiger partial charge on any atom is -0.459 e. The van der Waals surface area contributed by atoms with Gasteiger partial charge in [0.1, 0.15) is 11.3 Å². The van der Waals surface area contributed by atoms with Crippen molar-refractivity contribution in [2.45, 2.75) is 33.7 Å². The lowest BCUT2D eigenvalue weighted by Gasteiger charge is -2.06. The normalized spacial score (nSPS) is 11.6. The molecule has 0 bridgehead atoms. The highest BCUT2D eigenvalue weighted by Crippen LogP contribution is 2.28. The third-order valence-electron chi connectivity index (χ3n) is 3.03. The molecular weight excluding hydrogens is 337 g/mol. The van der Waals surface area contributed by atoms with E-state index in [0.717, 1.165) is 30.9 Å². The molecule has 1 heterocycles. The first-order chi connectivity index (χ1) is 8.61. The van der Waals surface area contributed by atoms with Gasteiger partial charge in [0, 0.05) is 14.5 Å². The summed E-state index contributed by atoms with van der Waals surface area (Å²) in [5, 5.41) is 4.72. The summed E-state index contributed by atoms with van der Waals surface area (Å²) in [6.45, 7) is 8.48. The molecule has 2 aromatic rings. The van der Waals surface area contributed by atoms with Crippen LogP contribution in [0.3, 0.4) is 0 Å². The monoisotopic (exact) mass is 357 g/mol. The molecule has 3 heteroatoms. The van der Waals surface area contributed by atoms with Crippen LogP contribution in [0.5, 0.6) is 0 Å². The Hall–Kier alpha value is -0.550. The molecule has 0 atom stereocenters. The number of furan rings is 1. The lowest BCUT2D eigenvalue weighted by Crippen LogP contribution is -2.19. The van der Waals surface area contributed by atoms with E-state index in [4.69, 9.17) is 4.42 Å². The quantitative estimate of drug-likeness (QED) is 0.805. The smallest absolute Gasteiger partial charge is 0.134 e. The van der Waals surface area contributed by atoms with Crippen molar-refractivity contribution in [1.82, 2.24) is 5.32 Å². The van der Waals surface area contributed by atoms with Crippen LogP contribution in [0.4, 0.5) is 0 Å². The summed E-state index contributed by atoms with van der Waals surface area (Å²) in [6, 6.07) is 6.38. The molecular formula is C15H20INO. The fraction of sp³-hybridized carbons (Fsp3) is 0.467. The molecule has 18 heavy (non-hydrogen) atoms. The Morgan fingerprint density at radius 2 is 2.11 bits per heavy atom. The van der Waals surface area contributed by atoms with Gasteiger partial charge in [-0.1, -0.05) is 20.8 Å². The van der Waals surface area contributed by atoms with Gasteiger partial charge in [0.2, 0.25) is 0 Å². The second-order valence-electron chi connectivity index (χ2n) is 5.02. The predicted molar refractivity (Wildman–Crippen MR) is 84.9 cm³/mol. The summed E-state index contributed by atoms with van der Waals surface area (Å²) in [7, 11) is 0. The van der Waals surface area contributed by atoms with Crippen molar-refractivity contribution in [2.24, 2.45) is 5.92 Å². The van der Waals surface area contributed by atoms with Gasteiger partial charge >= 0.3 is 0 Å². The van der Waals surface area contributed by atoms with Gasteiger partial charge in [-0.05, 0) is 59.7 Å². The van der Waals surface area contributed by atoms with Crippen LogP contribution >= 0.6 is 22.6 Å². The summed E-state index contributed by atoms with van der Waals surface area (Å²) >= 11 is 2.35. The van der Waals surface area contributed by atoms with Gasteiger partial charge < -0.3 is 9.73 Å². The zero-order valence-corrected chi connectivity index (χ0v) is 13.4. The molecule has 98 valence electrons. The Labute approximate surface area is 122 Å². The molecule has 0 radical (unpaired) electrons. The molecule has 0 aliphatic rings. The molecule has 0 saturated heterocycles. The standard InChI is InChI=1S/C15H20INO/c1-4-12-13-7-11(16)5-6-14(13)18-15(12)9-17-8-10(2)3/h5-7,10,17H,4,8-9H2,1-3H3. The first-order valence-electron chi connectivity index (χ1n) is 6.52.